The Labute approximate surface area is 201 Å². The average Bonchev–Trinajstić information content (AvgIpc) is 3.25. The highest BCUT2D eigenvalue weighted by molar-refractivity contribution is 6.10. The van der Waals surface area contributed by atoms with Crippen molar-refractivity contribution in [2.75, 3.05) is 12.3 Å². The number of nitrogens with zero attached hydrogens (tertiary/aromatic N) is 4. The van der Waals surface area contributed by atoms with E-state index in [4.69, 9.17) is 5.73 Å². The molecule has 0 radical (unpaired) electrons. The first-order valence-electron chi connectivity index (χ1n) is 11.1. The summed E-state index contributed by atoms with van der Waals surface area (Å²) < 4.78 is 67.6. The summed E-state index contributed by atoms with van der Waals surface area (Å²) in [6.07, 6.45) is -4.97. The van der Waals surface area contributed by atoms with Gasteiger partial charge in [0.1, 0.15) is 5.82 Å². The van der Waals surface area contributed by atoms with E-state index in [1.54, 1.807) is 36.1 Å². The minimum Gasteiger partial charge on any atom is -0.383 e. The zero-order chi connectivity index (χ0) is 25.8. The summed E-state index contributed by atoms with van der Waals surface area (Å²) in [5.74, 6) is -0.122. The highest BCUT2D eigenvalue weighted by Gasteiger charge is 2.34. The molecule has 1 unspecified atom stereocenters. The number of nitrogens with two attached hydrogens (primary N) is 1. The van der Waals surface area contributed by atoms with Crippen LogP contribution in [-0.2, 0) is 13.2 Å². The number of anilines is 1. The summed E-state index contributed by atoms with van der Waals surface area (Å²) in [6.45, 7) is -0.00363. The molecule has 0 bridgehead atoms. The molecule has 1 aliphatic heterocycles. The average molecular weight is 501 g/mol. The van der Waals surface area contributed by atoms with E-state index in [2.05, 4.69) is 10.1 Å². The smallest absolute Gasteiger partial charge is 0.383 e. The monoisotopic (exact) mass is 501 g/mol. The Bertz CT molecular complexity index is 1520. The van der Waals surface area contributed by atoms with Gasteiger partial charge in [-0.3, -0.25) is 9.48 Å². The van der Waals surface area contributed by atoms with Gasteiger partial charge in [0, 0.05) is 24.5 Å². The Morgan fingerprint density at radius 3 is 2.47 bits per heavy atom. The van der Waals surface area contributed by atoms with E-state index < -0.39 is 29.8 Å². The fourth-order valence-electron chi connectivity index (χ4n) is 4.72. The number of carbonyl (C=O) groups excluding carboxylic acids is 1. The number of nitrogen functional groups attached to an aromatic ring is 1. The Balaban J connectivity index is 1.56. The van der Waals surface area contributed by atoms with Gasteiger partial charge in [-0.15, -0.1) is 0 Å². The van der Waals surface area contributed by atoms with E-state index >= 15 is 0 Å². The number of amides is 1. The molecule has 6 nitrogen and oxygen atoms in total. The standard InChI is InChI=1S/C25H20F5N5O/c1-34-21-17-10-15(4-7-19(17)33-23(31)18(21)12-32-34)24(36)35-9-8-14(22(26)27)11-20(35)13-2-5-16(6-3-13)25(28,29)30/h2-7,10,12,20H,8-9,11H2,1H3,(H2,31,33). The van der Waals surface area contributed by atoms with E-state index in [1.807, 2.05) is 0 Å². The largest absolute Gasteiger partial charge is 0.416 e. The number of piperidine rings is 1. The molecule has 36 heavy (non-hydrogen) atoms. The van der Waals surface area contributed by atoms with Gasteiger partial charge in [0.2, 0.25) is 0 Å². The summed E-state index contributed by atoms with van der Waals surface area (Å²) in [6, 6.07) is 8.29. The zero-order valence-corrected chi connectivity index (χ0v) is 19.0. The molecule has 0 spiro atoms. The Kier molecular flexibility index (Phi) is 5.65. The molecular formula is C25H20F5N5O. The molecule has 1 amide bonds. The van der Waals surface area contributed by atoms with Crippen molar-refractivity contribution in [2.45, 2.75) is 25.1 Å². The number of hydrogen-bond donors (Lipinski definition) is 1. The van der Waals surface area contributed by atoms with Gasteiger partial charge in [-0.2, -0.15) is 27.1 Å². The van der Waals surface area contributed by atoms with Crippen LogP contribution in [0, 0.1) is 0 Å². The SMILES string of the molecule is Cn1ncc2c(N)nc3ccc(C(=O)N4CCC(=C(F)F)CC4c4ccc(C(F)(F)F)cc4)cc3c21. The second-order valence-corrected chi connectivity index (χ2v) is 8.71. The zero-order valence-electron chi connectivity index (χ0n) is 19.0. The van der Waals surface area contributed by atoms with Gasteiger partial charge in [0.15, 0.2) is 0 Å². The van der Waals surface area contributed by atoms with E-state index in [1.165, 1.54) is 17.0 Å². The topological polar surface area (TPSA) is 77.0 Å². The molecule has 2 aromatic heterocycles. The number of alkyl halides is 3. The van der Waals surface area contributed by atoms with Crippen LogP contribution in [0.15, 0.2) is 60.3 Å². The lowest BCUT2D eigenvalue weighted by atomic mass is 9.90. The number of hydrogen-bond acceptors (Lipinski definition) is 4. The van der Waals surface area contributed by atoms with Gasteiger partial charge >= 0.3 is 6.18 Å². The van der Waals surface area contributed by atoms with Crippen LogP contribution in [0.25, 0.3) is 21.8 Å². The van der Waals surface area contributed by atoms with Crippen molar-refractivity contribution < 1.29 is 26.7 Å². The number of pyridine rings is 1. The lowest BCUT2D eigenvalue weighted by Gasteiger charge is -2.37. The van der Waals surface area contributed by atoms with Crippen LogP contribution >= 0.6 is 0 Å². The molecule has 0 saturated carbocycles. The number of rotatable bonds is 2. The van der Waals surface area contributed by atoms with E-state index in [0.29, 0.717) is 38.8 Å². The predicted molar refractivity (Wildman–Crippen MR) is 124 cm³/mol. The van der Waals surface area contributed by atoms with Gasteiger partial charge < -0.3 is 10.6 Å². The molecule has 186 valence electrons. The number of aryl methyl sites for hydroxylation is 1. The molecule has 2 N–H and O–H groups in total. The van der Waals surface area contributed by atoms with Crippen LogP contribution in [0.5, 0.6) is 0 Å². The first kappa shape index (κ1) is 23.7. The number of benzene rings is 2. The third-order valence-corrected chi connectivity index (χ3v) is 6.58. The maximum absolute atomic E-state index is 13.6. The molecule has 4 aromatic rings. The van der Waals surface area contributed by atoms with Crippen molar-refractivity contribution in [3.63, 3.8) is 0 Å². The Hall–Kier alpha value is -4.02. The van der Waals surface area contributed by atoms with Gasteiger partial charge in [-0.1, -0.05) is 12.1 Å². The number of halogens is 5. The molecular weight excluding hydrogens is 481 g/mol. The van der Waals surface area contributed by atoms with Crippen molar-refractivity contribution in [3.8, 4) is 0 Å². The minimum absolute atomic E-state index is 0.00363. The highest BCUT2D eigenvalue weighted by atomic mass is 19.4. The Morgan fingerprint density at radius 1 is 1.08 bits per heavy atom. The maximum atomic E-state index is 13.6. The fraction of sp³-hybridized carbons (Fsp3) is 0.240. The maximum Gasteiger partial charge on any atom is 0.416 e. The number of fused-ring (bicyclic) bond motifs is 3. The molecule has 5 rings (SSSR count). The van der Waals surface area contributed by atoms with Crippen LogP contribution in [0.2, 0.25) is 0 Å². The first-order chi connectivity index (χ1) is 17.0. The third-order valence-electron chi connectivity index (χ3n) is 6.58. The van der Waals surface area contributed by atoms with Crippen LogP contribution in [0.1, 0.15) is 40.4 Å². The second-order valence-electron chi connectivity index (χ2n) is 8.71. The molecule has 1 fully saturated rings. The van der Waals surface area contributed by atoms with Crippen molar-refractivity contribution >= 4 is 33.5 Å². The molecule has 1 aliphatic rings. The van der Waals surface area contributed by atoms with Crippen molar-refractivity contribution in [2.24, 2.45) is 7.05 Å². The fourth-order valence-corrected chi connectivity index (χ4v) is 4.72. The van der Waals surface area contributed by atoms with Crippen molar-refractivity contribution in [1.82, 2.24) is 19.7 Å². The molecule has 0 aliphatic carbocycles. The third kappa shape index (κ3) is 4.04. The number of carbonyl (C=O) groups is 1. The number of aromatic nitrogens is 3. The summed E-state index contributed by atoms with van der Waals surface area (Å²) in [4.78, 5) is 19.4. The molecule has 1 atom stereocenters. The molecule has 2 aromatic carbocycles. The molecule has 11 heteroatoms. The van der Waals surface area contributed by atoms with E-state index in [-0.39, 0.29) is 25.0 Å². The second kappa shape index (κ2) is 8.58. The van der Waals surface area contributed by atoms with E-state index in [9.17, 15) is 26.7 Å². The normalized spacial score (nSPS) is 16.7. The van der Waals surface area contributed by atoms with Crippen LogP contribution in [0.3, 0.4) is 0 Å². The summed E-state index contributed by atoms with van der Waals surface area (Å²) in [5.41, 5.74) is 6.95. The Morgan fingerprint density at radius 2 is 1.81 bits per heavy atom. The van der Waals surface area contributed by atoms with Gasteiger partial charge in [0.25, 0.3) is 12.0 Å². The van der Waals surface area contributed by atoms with Crippen molar-refractivity contribution in [1.29, 1.82) is 0 Å². The predicted octanol–water partition coefficient (Wildman–Crippen LogP) is 5.85. The van der Waals surface area contributed by atoms with Crippen LogP contribution in [0.4, 0.5) is 27.8 Å². The first-order valence-corrected chi connectivity index (χ1v) is 11.1. The lowest BCUT2D eigenvalue weighted by Crippen LogP contribution is -2.39. The van der Waals surface area contributed by atoms with Gasteiger partial charge in [-0.05, 0) is 54.3 Å². The van der Waals surface area contributed by atoms with E-state index in [0.717, 1.165) is 12.1 Å². The van der Waals surface area contributed by atoms with Crippen LogP contribution < -0.4 is 5.73 Å². The summed E-state index contributed by atoms with van der Waals surface area (Å²) in [7, 11) is 1.74. The summed E-state index contributed by atoms with van der Waals surface area (Å²) >= 11 is 0. The number of likely N-dealkylation sites (tertiary alicyclic amines) is 1. The summed E-state index contributed by atoms with van der Waals surface area (Å²) in [5, 5.41) is 5.49. The molecule has 1 saturated heterocycles. The van der Waals surface area contributed by atoms with Gasteiger partial charge in [-0.25, -0.2) is 4.98 Å². The molecule has 3 heterocycles. The van der Waals surface area contributed by atoms with Crippen LogP contribution in [-0.4, -0.2) is 32.1 Å². The quantitative estimate of drug-likeness (QED) is 0.350. The highest BCUT2D eigenvalue weighted by Crippen LogP contribution is 2.39. The minimum atomic E-state index is -4.53. The van der Waals surface area contributed by atoms with Crippen molar-refractivity contribution in [3.05, 3.63) is 77.0 Å². The lowest BCUT2D eigenvalue weighted by molar-refractivity contribution is -0.137. The van der Waals surface area contributed by atoms with Gasteiger partial charge in [0.05, 0.1) is 34.2 Å².